The highest BCUT2D eigenvalue weighted by Crippen LogP contribution is 2.18. The second-order valence-corrected chi connectivity index (χ2v) is 3.86. The highest BCUT2D eigenvalue weighted by Gasteiger charge is 2.22. The fourth-order valence-electron chi connectivity index (χ4n) is 1.78. The van der Waals surface area contributed by atoms with Crippen LogP contribution < -0.4 is 5.73 Å². The normalized spacial score (nSPS) is 24.3. The van der Waals surface area contributed by atoms with Crippen molar-refractivity contribution in [2.24, 2.45) is 11.7 Å². The number of allylic oxidation sites excluding steroid dienone is 1. The largest absolute Gasteiger partial charge is 0.324 e. The van der Waals surface area contributed by atoms with Gasteiger partial charge >= 0.3 is 0 Å². The van der Waals surface area contributed by atoms with Gasteiger partial charge in [-0.25, -0.2) is 0 Å². The number of nitrogens with two attached hydrogens (primary N) is 1. The van der Waals surface area contributed by atoms with Gasteiger partial charge < -0.3 is 5.73 Å². The molecule has 0 saturated carbocycles. The van der Waals surface area contributed by atoms with Crippen molar-refractivity contribution in [1.29, 1.82) is 0 Å². The maximum Gasteiger partial charge on any atom is 0.145 e. The maximum absolute atomic E-state index is 11.8. The summed E-state index contributed by atoms with van der Waals surface area (Å²) in [6.45, 7) is 0. The van der Waals surface area contributed by atoms with Crippen LogP contribution in [0.25, 0.3) is 0 Å². The Morgan fingerprint density at radius 3 is 2.93 bits per heavy atom. The summed E-state index contributed by atoms with van der Waals surface area (Å²) in [6.07, 6.45) is 6.67. The lowest BCUT2D eigenvalue weighted by Gasteiger charge is -2.07. The van der Waals surface area contributed by atoms with E-state index in [4.69, 9.17) is 5.73 Å². The number of Topliss-reactive ketones (excluding diaryl/α,β-unsaturated/α-hetero) is 1. The van der Waals surface area contributed by atoms with E-state index in [0.717, 1.165) is 12.1 Å². The predicted molar refractivity (Wildman–Crippen MR) is 58.2 cm³/mol. The monoisotopic (exact) mass is 202 g/mol. The molecule has 0 fully saturated rings. The Hall–Kier alpha value is -1.48. The van der Waals surface area contributed by atoms with E-state index in [2.05, 4.69) is 4.98 Å². The summed E-state index contributed by atoms with van der Waals surface area (Å²) in [5, 5.41) is 0. The Kier molecular flexibility index (Phi) is 2.92. The van der Waals surface area contributed by atoms with E-state index >= 15 is 0 Å². The average molecular weight is 202 g/mol. The van der Waals surface area contributed by atoms with Gasteiger partial charge in [-0.2, -0.15) is 0 Å². The van der Waals surface area contributed by atoms with Gasteiger partial charge in [-0.05, 0) is 18.6 Å². The molecule has 0 aliphatic heterocycles. The molecule has 1 aromatic rings. The van der Waals surface area contributed by atoms with Crippen LogP contribution in [-0.4, -0.2) is 16.8 Å². The lowest BCUT2D eigenvalue weighted by atomic mass is 9.99. The Morgan fingerprint density at radius 2 is 2.33 bits per heavy atom. The molecule has 0 bridgehead atoms. The minimum Gasteiger partial charge on any atom is -0.324 e. The summed E-state index contributed by atoms with van der Waals surface area (Å²) in [6, 6.07) is 5.66. The number of hydrogen-bond donors (Lipinski definition) is 1. The summed E-state index contributed by atoms with van der Waals surface area (Å²) < 4.78 is 0. The number of carbonyl (C=O) groups excluding carboxylic acids is 1. The van der Waals surface area contributed by atoms with E-state index in [1.165, 1.54) is 0 Å². The van der Waals surface area contributed by atoms with E-state index in [-0.39, 0.29) is 17.7 Å². The Labute approximate surface area is 89.0 Å². The summed E-state index contributed by atoms with van der Waals surface area (Å²) in [7, 11) is 0. The van der Waals surface area contributed by atoms with E-state index in [9.17, 15) is 4.79 Å². The molecular weight excluding hydrogens is 188 g/mol. The zero-order valence-electron chi connectivity index (χ0n) is 8.47. The van der Waals surface area contributed by atoms with Crippen molar-refractivity contribution < 1.29 is 4.79 Å². The van der Waals surface area contributed by atoms with Crippen molar-refractivity contribution in [1.82, 2.24) is 4.98 Å². The van der Waals surface area contributed by atoms with Crippen molar-refractivity contribution in [2.75, 3.05) is 0 Å². The first-order valence-corrected chi connectivity index (χ1v) is 5.12. The molecule has 2 rings (SSSR count). The molecule has 1 heterocycles. The molecule has 0 radical (unpaired) electrons. The predicted octanol–water partition coefficient (Wildman–Crippen LogP) is 1.10. The molecule has 0 aromatic carbocycles. The number of pyridine rings is 1. The molecule has 0 saturated heterocycles. The first kappa shape index (κ1) is 10.1. The number of aromatic nitrogens is 1. The molecule has 0 spiro atoms. The second-order valence-electron chi connectivity index (χ2n) is 3.86. The van der Waals surface area contributed by atoms with Crippen molar-refractivity contribution in [3.63, 3.8) is 0 Å². The van der Waals surface area contributed by atoms with Gasteiger partial charge in [0.2, 0.25) is 0 Å². The molecule has 2 atom stereocenters. The third-order valence-corrected chi connectivity index (χ3v) is 2.61. The molecular formula is C12H14N2O. The summed E-state index contributed by atoms with van der Waals surface area (Å²) in [5.41, 5.74) is 6.53. The van der Waals surface area contributed by atoms with Gasteiger partial charge in [-0.3, -0.25) is 9.78 Å². The molecule has 3 heteroatoms. The maximum atomic E-state index is 11.8. The van der Waals surface area contributed by atoms with Crippen LogP contribution in [0.4, 0.5) is 0 Å². The van der Waals surface area contributed by atoms with Gasteiger partial charge in [0.15, 0.2) is 0 Å². The highest BCUT2D eigenvalue weighted by molar-refractivity contribution is 5.85. The fraction of sp³-hybridized carbons (Fsp3) is 0.333. The van der Waals surface area contributed by atoms with Gasteiger partial charge in [0.1, 0.15) is 5.78 Å². The van der Waals surface area contributed by atoms with Crippen LogP contribution in [0.15, 0.2) is 36.5 Å². The molecule has 1 aromatic heterocycles. The Balaban J connectivity index is 1.96. The second kappa shape index (κ2) is 4.36. The lowest BCUT2D eigenvalue weighted by Crippen LogP contribution is -2.20. The minimum atomic E-state index is -0.0120. The molecule has 1 aliphatic rings. The summed E-state index contributed by atoms with van der Waals surface area (Å²) in [4.78, 5) is 15.9. The molecule has 0 amide bonds. The SMILES string of the molecule is NC1C=CC(C(=O)Cc2ccccn2)C1. The fourth-order valence-corrected chi connectivity index (χ4v) is 1.78. The van der Waals surface area contributed by atoms with Crippen molar-refractivity contribution in [3.8, 4) is 0 Å². The van der Waals surface area contributed by atoms with Crippen molar-refractivity contribution in [2.45, 2.75) is 18.9 Å². The lowest BCUT2D eigenvalue weighted by molar-refractivity contribution is -0.120. The molecule has 2 unspecified atom stereocenters. The number of ketones is 1. The smallest absolute Gasteiger partial charge is 0.145 e. The topological polar surface area (TPSA) is 56.0 Å². The van der Waals surface area contributed by atoms with E-state index in [0.29, 0.717) is 6.42 Å². The zero-order chi connectivity index (χ0) is 10.7. The molecule has 15 heavy (non-hydrogen) atoms. The van der Waals surface area contributed by atoms with Crippen LogP contribution in [0.1, 0.15) is 12.1 Å². The minimum absolute atomic E-state index is 0.0120. The first-order valence-electron chi connectivity index (χ1n) is 5.12. The standard InChI is InChI=1S/C12H14N2O/c13-10-5-4-9(7-10)12(15)8-11-3-1-2-6-14-11/h1-6,9-10H,7-8,13H2. The number of hydrogen-bond acceptors (Lipinski definition) is 3. The van der Waals surface area contributed by atoms with Crippen LogP contribution in [0, 0.1) is 5.92 Å². The quantitative estimate of drug-likeness (QED) is 0.747. The van der Waals surface area contributed by atoms with Crippen LogP contribution in [-0.2, 0) is 11.2 Å². The zero-order valence-corrected chi connectivity index (χ0v) is 8.47. The van der Waals surface area contributed by atoms with Gasteiger partial charge in [0.25, 0.3) is 0 Å². The molecule has 3 nitrogen and oxygen atoms in total. The Bertz CT molecular complexity index is 372. The van der Waals surface area contributed by atoms with E-state index in [1.807, 2.05) is 30.4 Å². The van der Waals surface area contributed by atoms with Crippen molar-refractivity contribution in [3.05, 3.63) is 42.2 Å². The van der Waals surface area contributed by atoms with Gasteiger partial charge in [0.05, 0.1) is 0 Å². The van der Waals surface area contributed by atoms with Crippen LogP contribution in [0.5, 0.6) is 0 Å². The molecule has 1 aliphatic carbocycles. The van der Waals surface area contributed by atoms with Crippen LogP contribution >= 0.6 is 0 Å². The highest BCUT2D eigenvalue weighted by atomic mass is 16.1. The summed E-state index contributed by atoms with van der Waals surface area (Å²) >= 11 is 0. The number of nitrogens with zero attached hydrogens (tertiary/aromatic N) is 1. The van der Waals surface area contributed by atoms with Crippen LogP contribution in [0.2, 0.25) is 0 Å². The third-order valence-electron chi connectivity index (χ3n) is 2.61. The Morgan fingerprint density at radius 1 is 1.47 bits per heavy atom. The van der Waals surface area contributed by atoms with E-state index < -0.39 is 0 Å². The van der Waals surface area contributed by atoms with Crippen LogP contribution in [0.3, 0.4) is 0 Å². The number of rotatable bonds is 3. The average Bonchev–Trinajstić information content (AvgIpc) is 2.66. The molecule has 2 N–H and O–H groups in total. The van der Waals surface area contributed by atoms with Gasteiger partial charge in [-0.1, -0.05) is 18.2 Å². The van der Waals surface area contributed by atoms with Gasteiger partial charge in [0, 0.05) is 30.3 Å². The molecule has 78 valence electrons. The third kappa shape index (κ3) is 2.50. The summed E-state index contributed by atoms with van der Waals surface area (Å²) in [5.74, 6) is 0.194. The van der Waals surface area contributed by atoms with Crippen molar-refractivity contribution >= 4 is 5.78 Å². The number of carbonyl (C=O) groups is 1. The van der Waals surface area contributed by atoms with E-state index in [1.54, 1.807) is 6.20 Å². The van der Waals surface area contributed by atoms with Gasteiger partial charge in [-0.15, -0.1) is 0 Å². The first-order chi connectivity index (χ1) is 7.25.